The lowest BCUT2D eigenvalue weighted by Gasteiger charge is -2.22. The predicted octanol–water partition coefficient (Wildman–Crippen LogP) is 3.48. The molecule has 1 aromatic carbocycles. The number of aryl methyl sites for hydroxylation is 1. The summed E-state index contributed by atoms with van der Waals surface area (Å²) in [6.07, 6.45) is 8.76. The van der Waals surface area contributed by atoms with Crippen LogP contribution in [0.3, 0.4) is 0 Å². The number of unbranched alkanes of at least 4 members (excludes halogenated alkanes) is 3. The fourth-order valence-corrected chi connectivity index (χ4v) is 3.45. The van der Waals surface area contributed by atoms with Crippen molar-refractivity contribution in [2.75, 3.05) is 6.54 Å². The fourth-order valence-electron chi connectivity index (χ4n) is 3.45. The van der Waals surface area contributed by atoms with Crippen LogP contribution in [0.4, 0.5) is 0 Å². The van der Waals surface area contributed by atoms with Gasteiger partial charge < -0.3 is 15.1 Å². The Hall–Kier alpha value is -2.14. The predicted molar refractivity (Wildman–Crippen MR) is 105 cm³/mol. The highest BCUT2D eigenvalue weighted by Gasteiger charge is 2.28. The van der Waals surface area contributed by atoms with Crippen molar-refractivity contribution in [3.05, 3.63) is 47.5 Å². The van der Waals surface area contributed by atoms with Crippen LogP contribution in [0.15, 0.2) is 36.4 Å². The Labute approximate surface area is 161 Å². The molecule has 148 valence electrons. The average Bonchev–Trinajstić information content (AvgIpc) is 2.98. The van der Waals surface area contributed by atoms with Gasteiger partial charge >= 0.3 is 5.97 Å². The first-order valence-electron chi connectivity index (χ1n) is 9.89. The Kier molecular flexibility index (Phi) is 8.52. The number of likely N-dealkylation sites (tertiary alicyclic amines) is 1. The lowest BCUT2D eigenvalue weighted by Crippen LogP contribution is -2.32. The maximum Gasteiger partial charge on any atom is 0.303 e. The number of carboxylic acid groups (broad SMARTS) is 1. The molecule has 1 heterocycles. The monoisotopic (exact) mass is 373 g/mol. The molecule has 0 radical (unpaired) electrons. The number of amides is 1. The summed E-state index contributed by atoms with van der Waals surface area (Å²) < 4.78 is 0. The molecule has 5 heteroatoms. The van der Waals surface area contributed by atoms with Gasteiger partial charge in [-0.2, -0.15) is 0 Å². The summed E-state index contributed by atoms with van der Waals surface area (Å²) in [5, 5.41) is 18.9. The van der Waals surface area contributed by atoms with E-state index in [2.05, 4.69) is 0 Å². The van der Waals surface area contributed by atoms with Crippen molar-refractivity contribution in [1.29, 1.82) is 0 Å². The second kappa shape index (κ2) is 10.9. The Morgan fingerprint density at radius 2 is 1.93 bits per heavy atom. The minimum atomic E-state index is -0.751. The number of carbonyl (C=O) groups is 2. The van der Waals surface area contributed by atoms with Gasteiger partial charge in [0.25, 0.3) is 0 Å². The smallest absolute Gasteiger partial charge is 0.303 e. The summed E-state index contributed by atoms with van der Waals surface area (Å²) >= 11 is 0. The number of aliphatic carboxylic acids is 1. The topological polar surface area (TPSA) is 77.8 Å². The normalized spacial score (nSPS) is 18.4. The van der Waals surface area contributed by atoms with E-state index in [1.54, 1.807) is 0 Å². The Morgan fingerprint density at radius 1 is 1.22 bits per heavy atom. The minimum Gasteiger partial charge on any atom is -0.481 e. The number of nitrogens with zero attached hydrogens (tertiary/aromatic N) is 1. The van der Waals surface area contributed by atoms with E-state index >= 15 is 0 Å². The SMILES string of the molecule is Cc1ccc(C[C@H](O)C=C[C@H]2CCC(=O)N2CCCCCCC(=O)O)cc1. The quantitative estimate of drug-likeness (QED) is 0.460. The number of hydrogen-bond donors (Lipinski definition) is 2. The van der Waals surface area contributed by atoms with Crippen molar-refractivity contribution in [3.8, 4) is 0 Å². The lowest BCUT2D eigenvalue weighted by atomic mass is 10.0. The second-order valence-electron chi connectivity index (χ2n) is 7.39. The van der Waals surface area contributed by atoms with Gasteiger partial charge in [-0.25, -0.2) is 0 Å². The molecule has 1 aliphatic rings. The number of benzene rings is 1. The summed E-state index contributed by atoms with van der Waals surface area (Å²) in [5.74, 6) is -0.581. The minimum absolute atomic E-state index is 0.0594. The molecule has 0 saturated carbocycles. The number of hydrogen-bond acceptors (Lipinski definition) is 3. The number of carboxylic acids is 1. The molecule has 0 aliphatic carbocycles. The van der Waals surface area contributed by atoms with Crippen molar-refractivity contribution in [2.45, 2.75) is 70.4 Å². The molecule has 2 atom stereocenters. The van der Waals surface area contributed by atoms with Gasteiger partial charge in [0.15, 0.2) is 0 Å². The van der Waals surface area contributed by atoms with Crippen LogP contribution < -0.4 is 0 Å². The maximum absolute atomic E-state index is 12.1. The van der Waals surface area contributed by atoms with Crippen LogP contribution in [0.5, 0.6) is 0 Å². The van der Waals surface area contributed by atoms with Crippen molar-refractivity contribution in [1.82, 2.24) is 4.90 Å². The molecule has 27 heavy (non-hydrogen) atoms. The molecule has 2 N–H and O–H groups in total. The van der Waals surface area contributed by atoms with E-state index < -0.39 is 12.1 Å². The number of aliphatic hydroxyl groups is 1. The van der Waals surface area contributed by atoms with Gasteiger partial charge in [0.2, 0.25) is 5.91 Å². The first kappa shape index (κ1) is 21.2. The van der Waals surface area contributed by atoms with E-state index in [1.165, 1.54) is 5.56 Å². The first-order chi connectivity index (χ1) is 13.0. The Morgan fingerprint density at radius 3 is 2.63 bits per heavy atom. The van der Waals surface area contributed by atoms with E-state index in [0.29, 0.717) is 25.8 Å². The molecule has 0 spiro atoms. The summed E-state index contributed by atoms with van der Waals surface area (Å²) in [6, 6.07) is 8.20. The molecule has 2 rings (SSSR count). The first-order valence-corrected chi connectivity index (χ1v) is 9.89. The number of aliphatic hydroxyl groups excluding tert-OH is 1. The van der Waals surface area contributed by atoms with Crippen molar-refractivity contribution in [3.63, 3.8) is 0 Å². The molecular weight excluding hydrogens is 342 g/mol. The molecular formula is C22H31NO4. The van der Waals surface area contributed by atoms with E-state index in [-0.39, 0.29) is 18.4 Å². The van der Waals surface area contributed by atoms with Crippen molar-refractivity contribution >= 4 is 11.9 Å². The number of carbonyl (C=O) groups excluding carboxylic acids is 1. The van der Waals surface area contributed by atoms with E-state index in [1.807, 2.05) is 48.2 Å². The molecule has 0 bridgehead atoms. The Bertz CT molecular complexity index is 638. The van der Waals surface area contributed by atoms with E-state index in [9.17, 15) is 14.7 Å². The summed E-state index contributed by atoms with van der Waals surface area (Å²) in [7, 11) is 0. The zero-order valence-corrected chi connectivity index (χ0v) is 16.1. The van der Waals surface area contributed by atoms with E-state index in [0.717, 1.165) is 31.2 Å². The van der Waals surface area contributed by atoms with Crippen LogP contribution in [0.1, 0.15) is 56.1 Å². The standard InChI is InChI=1S/C22H31NO4/c1-17-7-9-18(10-8-17)16-20(24)13-11-19-12-14-21(25)23(19)15-5-3-2-4-6-22(26)27/h7-11,13,19-20,24H,2-6,12,14-16H2,1H3,(H,26,27)/t19-,20+/m0/s1. The van der Waals surface area contributed by atoms with Crippen LogP contribution in [0, 0.1) is 6.92 Å². The van der Waals surface area contributed by atoms with Crippen LogP contribution in [-0.2, 0) is 16.0 Å². The molecule has 0 unspecified atom stereocenters. The lowest BCUT2D eigenvalue weighted by molar-refractivity contribution is -0.137. The molecule has 1 fully saturated rings. The molecule has 1 aromatic rings. The molecule has 1 amide bonds. The molecule has 0 aromatic heterocycles. The third kappa shape index (κ3) is 7.55. The summed E-state index contributed by atoms with van der Waals surface area (Å²) in [5.41, 5.74) is 2.30. The Balaban J connectivity index is 1.76. The fraction of sp³-hybridized carbons (Fsp3) is 0.545. The summed E-state index contributed by atoms with van der Waals surface area (Å²) in [6.45, 7) is 2.74. The maximum atomic E-state index is 12.1. The van der Waals surface area contributed by atoms with Crippen LogP contribution in [0.2, 0.25) is 0 Å². The van der Waals surface area contributed by atoms with Crippen molar-refractivity contribution in [2.24, 2.45) is 0 Å². The second-order valence-corrected chi connectivity index (χ2v) is 7.39. The zero-order chi connectivity index (χ0) is 19.6. The largest absolute Gasteiger partial charge is 0.481 e. The number of rotatable bonds is 11. The average molecular weight is 373 g/mol. The third-order valence-electron chi connectivity index (χ3n) is 5.04. The molecule has 1 saturated heterocycles. The van der Waals surface area contributed by atoms with Gasteiger partial charge in [-0.15, -0.1) is 0 Å². The van der Waals surface area contributed by atoms with E-state index in [4.69, 9.17) is 5.11 Å². The van der Waals surface area contributed by atoms with Crippen LogP contribution in [0.25, 0.3) is 0 Å². The zero-order valence-electron chi connectivity index (χ0n) is 16.1. The highest BCUT2D eigenvalue weighted by molar-refractivity contribution is 5.79. The van der Waals surface area contributed by atoms with Gasteiger partial charge in [-0.1, -0.05) is 54.8 Å². The van der Waals surface area contributed by atoms with Gasteiger partial charge in [0.1, 0.15) is 0 Å². The van der Waals surface area contributed by atoms with Gasteiger partial charge in [-0.3, -0.25) is 9.59 Å². The highest BCUT2D eigenvalue weighted by Crippen LogP contribution is 2.21. The van der Waals surface area contributed by atoms with Gasteiger partial charge in [0.05, 0.1) is 12.1 Å². The van der Waals surface area contributed by atoms with Crippen molar-refractivity contribution < 1.29 is 19.8 Å². The third-order valence-corrected chi connectivity index (χ3v) is 5.04. The van der Waals surface area contributed by atoms with Gasteiger partial charge in [0, 0.05) is 25.8 Å². The van der Waals surface area contributed by atoms with Gasteiger partial charge in [-0.05, 0) is 31.7 Å². The van der Waals surface area contributed by atoms with Crippen LogP contribution in [-0.4, -0.2) is 45.7 Å². The van der Waals surface area contributed by atoms with Crippen LogP contribution >= 0.6 is 0 Å². The molecule has 5 nitrogen and oxygen atoms in total. The summed E-state index contributed by atoms with van der Waals surface area (Å²) in [4.78, 5) is 24.5. The highest BCUT2D eigenvalue weighted by atomic mass is 16.4. The molecule has 1 aliphatic heterocycles.